The van der Waals surface area contributed by atoms with Crippen LogP contribution in [0.3, 0.4) is 0 Å². The second-order valence-corrected chi connectivity index (χ2v) is 5.77. The minimum absolute atomic E-state index is 0.101. The van der Waals surface area contributed by atoms with E-state index >= 15 is 0 Å². The van der Waals surface area contributed by atoms with Crippen LogP contribution in [0.15, 0.2) is 70.0 Å². The summed E-state index contributed by atoms with van der Waals surface area (Å²) in [6.07, 6.45) is 0. The average Bonchev–Trinajstić information content (AvgIpc) is 3.14. The second-order valence-electron chi connectivity index (χ2n) is 5.77. The molecule has 134 valence electrons. The van der Waals surface area contributed by atoms with E-state index in [0.717, 1.165) is 0 Å². The molecular formula is C19H12F2N4O2. The average molecular weight is 366 g/mol. The standard InChI is InChI=1S/C19H12F2N4O2/c20-14-6-4-13(5-7-14)18-22-19(27-24-18)16-8-9-17(26)25(23-16)11-12-2-1-3-15(21)10-12/h1-10H,11H2. The fourth-order valence-corrected chi connectivity index (χ4v) is 2.53. The lowest BCUT2D eigenvalue weighted by molar-refractivity contribution is 0.429. The lowest BCUT2D eigenvalue weighted by Gasteiger charge is -2.05. The van der Waals surface area contributed by atoms with Crippen LogP contribution in [0.2, 0.25) is 0 Å². The molecule has 0 spiro atoms. The predicted molar refractivity (Wildman–Crippen MR) is 92.7 cm³/mol. The monoisotopic (exact) mass is 366 g/mol. The number of aromatic nitrogens is 4. The van der Waals surface area contributed by atoms with Crippen LogP contribution in [0.25, 0.3) is 23.0 Å². The first kappa shape index (κ1) is 16.8. The van der Waals surface area contributed by atoms with Crippen LogP contribution in [-0.4, -0.2) is 19.9 Å². The van der Waals surface area contributed by atoms with Gasteiger partial charge in [-0.1, -0.05) is 17.3 Å². The van der Waals surface area contributed by atoms with Gasteiger partial charge in [0.2, 0.25) is 5.82 Å². The van der Waals surface area contributed by atoms with Crippen molar-refractivity contribution in [1.29, 1.82) is 0 Å². The summed E-state index contributed by atoms with van der Waals surface area (Å²) >= 11 is 0. The smallest absolute Gasteiger partial charge is 0.278 e. The molecule has 0 atom stereocenters. The largest absolute Gasteiger partial charge is 0.332 e. The maximum Gasteiger partial charge on any atom is 0.278 e. The maximum absolute atomic E-state index is 13.3. The first-order chi connectivity index (χ1) is 13.1. The molecule has 0 amide bonds. The third-order valence-corrected chi connectivity index (χ3v) is 3.84. The molecule has 8 heteroatoms. The predicted octanol–water partition coefficient (Wildman–Crippen LogP) is 3.29. The Kier molecular flexibility index (Phi) is 4.29. The van der Waals surface area contributed by atoms with Crippen LogP contribution < -0.4 is 5.56 Å². The van der Waals surface area contributed by atoms with E-state index in [4.69, 9.17) is 4.52 Å². The topological polar surface area (TPSA) is 73.8 Å². The van der Waals surface area contributed by atoms with Gasteiger partial charge in [-0.3, -0.25) is 4.79 Å². The Morgan fingerprint density at radius 3 is 2.56 bits per heavy atom. The van der Waals surface area contributed by atoms with Crippen molar-refractivity contribution in [3.05, 3.63) is 88.2 Å². The molecular weight excluding hydrogens is 354 g/mol. The normalized spacial score (nSPS) is 10.9. The first-order valence-corrected chi connectivity index (χ1v) is 8.01. The van der Waals surface area contributed by atoms with Gasteiger partial charge in [0.05, 0.1) is 6.54 Å². The lowest BCUT2D eigenvalue weighted by atomic mass is 10.2. The summed E-state index contributed by atoms with van der Waals surface area (Å²) in [7, 11) is 0. The minimum atomic E-state index is -0.391. The van der Waals surface area contributed by atoms with Crippen LogP contribution in [0.4, 0.5) is 8.78 Å². The molecule has 0 aliphatic rings. The third kappa shape index (κ3) is 3.64. The zero-order chi connectivity index (χ0) is 18.8. The van der Waals surface area contributed by atoms with E-state index in [2.05, 4.69) is 15.2 Å². The van der Waals surface area contributed by atoms with E-state index in [1.54, 1.807) is 12.1 Å². The summed E-state index contributed by atoms with van der Waals surface area (Å²) in [4.78, 5) is 16.3. The number of rotatable bonds is 4. The van der Waals surface area contributed by atoms with E-state index in [1.807, 2.05) is 0 Å². The van der Waals surface area contributed by atoms with Crippen molar-refractivity contribution in [2.75, 3.05) is 0 Å². The Morgan fingerprint density at radius 1 is 0.963 bits per heavy atom. The molecule has 4 aromatic rings. The van der Waals surface area contributed by atoms with Gasteiger partial charge in [0.25, 0.3) is 11.4 Å². The Bertz CT molecular complexity index is 1150. The zero-order valence-electron chi connectivity index (χ0n) is 13.8. The highest BCUT2D eigenvalue weighted by Crippen LogP contribution is 2.20. The van der Waals surface area contributed by atoms with Gasteiger partial charge >= 0.3 is 0 Å². The summed E-state index contributed by atoms with van der Waals surface area (Å²) in [5, 5.41) is 8.07. The third-order valence-electron chi connectivity index (χ3n) is 3.84. The molecule has 0 N–H and O–H groups in total. The van der Waals surface area contributed by atoms with E-state index in [1.165, 1.54) is 53.2 Å². The van der Waals surface area contributed by atoms with Gasteiger partial charge in [-0.05, 0) is 48.0 Å². The van der Waals surface area contributed by atoms with E-state index in [9.17, 15) is 13.6 Å². The number of nitrogens with zero attached hydrogens (tertiary/aromatic N) is 4. The SMILES string of the molecule is O=c1ccc(-c2nc(-c3ccc(F)cc3)no2)nn1Cc1cccc(F)c1. The number of hydrogen-bond acceptors (Lipinski definition) is 5. The van der Waals surface area contributed by atoms with Gasteiger partial charge < -0.3 is 4.52 Å². The van der Waals surface area contributed by atoms with Crippen LogP contribution in [0.1, 0.15) is 5.56 Å². The van der Waals surface area contributed by atoms with Crippen molar-refractivity contribution >= 4 is 0 Å². The molecule has 2 heterocycles. The van der Waals surface area contributed by atoms with Crippen LogP contribution >= 0.6 is 0 Å². The minimum Gasteiger partial charge on any atom is -0.332 e. The molecule has 0 fully saturated rings. The second kappa shape index (κ2) is 6.91. The Morgan fingerprint density at radius 2 is 1.78 bits per heavy atom. The highest BCUT2D eigenvalue weighted by molar-refractivity contribution is 5.57. The van der Waals surface area contributed by atoms with Gasteiger partial charge in [-0.2, -0.15) is 10.1 Å². The number of hydrogen-bond donors (Lipinski definition) is 0. The molecule has 2 aromatic carbocycles. The number of halogens is 2. The van der Waals surface area contributed by atoms with Gasteiger partial charge in [0.1, 0.15) is 17.3 Å². The van der Waals surface area contributed by atoms with Crippen LogP contribution in [0, 0.1) is 11.6 Å². The van der Waals surface area contributed by atoms with E-state index in [0.29, 0.717) is 16.8 Å². The number of benzene rings is 2. The van der Waals surface area contributed by atoms with Crippen molar-refractivity contribution in [2.45, 2.75) is 6.54 Å². The van der Waals surface area contributed by atoms with Crippen molar-refractivity contribution in [3.63, 3.8) is 0 Å². The van der Waals surface area contributed by atoms with Crippen molar-refractivity contribution in [1.82, 2.24) is 19.9 Å². The fourth-order valence-electron chi connectivity index (χ4n) is 2.53. The highest BCUT2D eigenvalue weighted by Gasteiger charge is 2.13. The van der Waals surface area contributed by atoms with Gasteiger partial charge in [-0.15, -0.1) is 0 Å². The van der Waals surface area contributed by atoms with Gasteiger partial charge in [0.15, 0.2) is 0 Å². The summed E-state index contributed by atoms with van der Waals surface area (Å²) in [6.45, 7) is 0.101. The first-order valence-electron chi connectivity index (χ1n) is 8.01. The van der Waals surface area contributed by atoms with Crippen molar-refractivity contribution < 1.29 is 13.3 Å². The van der Waals surface area contributed by atoms with Crippen LogP contribution in [0.5, 0.6) is 0 Å². The van der Waals surface area contributed by atoms with E-state index in [-0.39, 0.29) is 29.6 Å². The molecule has 0 aliphatic heterocycles. The Balaban J connectivity index is 1.65. The molecule has 2 aromatic heterocycles. The Labute approximate surface area is 151 Å². The molecule has 0 aliphatic carbocycles. The molecule has 0 radical (unpaired) electrons. The van der Waals surface area contributed by atoms with Gasteiger partial charge in [-0.25, -0.2) is 13.5 Å². The molecule has 4 rings (SSSR count). The molecule has 27 heavy (non-hydrogen) atoms. The zero-order valence-corrected chi connectivity index (χ0v) is 13.8. The van der Waals surface area contributed by atoms with E-state index < -0.39 is 5.82 Å². The summed E-state index contributed by atoms with van der Waals surface area (Å²) in [6, 6.07) is 14.4. The van der Waals surface area contributed by atoms with Crippen molar-refractivity contribution in [2.24, 2.45) is 0 Å². The fraction of sp³-hybridized carbons (Fsp3) is 0.0526. The summed E-state index contributed by atoms with van der Waals surface area (Å²) in [5.41, 5.74) is 1.13. The van der Waals surface area contributed by atoms with Crippen LogP contribution in [-0.2, 0) is 6.54 Å². The lowest BCUT2D eigenvalue weighted by Crippen LogP contribution is -2.22. The maximum atomic E-state index is 13.3. The highest BCUT2D eigenvalue weighted by atomic mass is 19.1. The quantitative estimate of drug-likeness (QED) is 0.554. The molecule has 0 saturated carbocycles. The molecule has 0 bridgehead atoms. The molecule has 6 nitrogen and oxygen atoms in total. The molecule has 0 saturated heterocycles. The summed E-state index contributed by atoms with van der Waals surface area (Å²) in [5.74, 6) is -0.372. The molecule has 0 unspecified atom stereocenters. The summed E-state index contributed by atoms with van der Waals surface area (Å²) < 4.78 is 32.8. The van der Waals surface area contributed by atoms with Crippen molar-refractivity contribution in [3.8, 4) is 23.0 Å². The Hall–Kier alpha value is -3.68. The van der Waals surface area contributed by atoms with Gasteiger partial charge in [0, 0.05) is 11.6 Å².